The Balaban J connectivity index is 1.48. The van der Waals surface area contributed by atoms with E-state index in [1.165, 1.54) is 15.6 Å². The van der Waals surface area contributed by atoms with Crippen LogP contribution in [0.2, 0.25) is 0 Å². The number of nitrogens with zero attached hydrogens (tertiary/aromatic N) is 2. The number of carbonyl (C=O) groups excluding carboxylic acids is 1. The number of hydrogen-bond donors (Lipinski definition) is 1. The number of benzene rings is 1. The van der Waals surface area contributed by atoms with Crippen molar-refractivity contribution in [2.24, 2.45) is 0 Å². The van der Waals surface area contributed by atoms with Crippen LogP contribution in [0.15, 0.2) is 46.0 Å². The van der Waals surface area contributed by atoms with Crippen LogP contribution in [-0.2, 0) is 14.8 Å². The fourth-order valence-corrected chi connectivity index (χ4v) is 5.44. The number of ether oxygens (including phenoxy) is 1. The molecule has 2 heterocycles. The summed E-state index contributed by atoms with van der Waals surface area (Å²) < 4.78 is 32.3. The highest BCUT2D eigenvalue weighted by molar-refractivity contribution is 7.91. The number of nitrogens with one attached hydrogen (secondary N) is 1. The van der Waals surface area contributed by atoms with Crippen LogP contribution >= 0.6 is 11.3 Å². The topological polar surface area (TPSA) is 79.0 Å². The molecule has 0 atom stereocenters. The van der Waals surface area contributed by atoms with Crippen molar-refractivity contribution in [2.75, 3.05) is 44.6 Å². The lowest BCUT2D eigenvalue weighted by atomic mass is 10.3. The third kappa shape index (κ3) is 5.07. The molecule has 1 aromatic heterocycles. The molecule has 146 valence electrons. The van der Waals surface area contributed by atoms with Crippen LogP contribution in [-0.4, -0.2) is 62.9 Å². The predicted molar refractivity (Wildman–Crippen MR) is 106 cm³/mol. The summed E-state index contributed by atoms with van der Waals surface area (Å²) >= 11 is 1.22. The summed E-state index contributed by atoms with van der Waals surface area (Å²) in [5.41, 5.74) is 0.711. The Bertz CT molecular complexity index is 843. The molecule has 0 unspecified atom stereocenters. The lowest BCUT2D eigenvalue weighted by Gasteiger charge is -2.33. The highest BCUT2D eigenvalue weighted by Crippen LogP contribution is 2.22. The van der Waals surface area contributed by atoms with E-state index in [0.717, 1.165) is 5.75 Å². The van der Waals surface area contributed by atoms with Crippen molar-refractivity contribution in [1.29, 1.82) is 0 Å². The van der Waals surface area contributed by atoms with Gasteiger partial charge in [0.05, 0.1) is 13.2 Å². The first-order valence-electron chi connectivity index (χ1n) is 8.78. The fourth-order valence-electron chi connectivity index (χ4n) is 2.87. The van der Waals surface area contributed by atoms with Crippen molar-refractivity contribution in [3.8, 4) is 5.75 Å². The fraction of sp³-hybridized carbons (Fsp3) is 0.389. The molecular formula is C18H23N3O4S2. The lowest BCUT2D eigenvalue weighted by Crippen LogP contribution is -2.50. The number of amides is 1. The molecule has 0 radical (unpaired) electrons. The molecule has 0 saturated carbocycles. The molecule has 1 aliphatic rings. The number of anilines is 1. The predicted octanol–water partition coefficient (Wildman–Crippen LogP) is 2.09. The van der Waals surface area contributed by atoms with Gasteiger partial charge in [0.2, 0.25) is 5.91 Å². The van der Waals surface area contributed by atoms with E-state index in [9.17, 15) is 13.2 Å². The summed E-state index contributed by atoms with van der Waals surface area (Å²) in [5.74, 6) is 0.646. The van der Waals surface area contributed by atoms with Crippen molar-refractivity contribution >= 4 is 33.0 Å². The molecule has 2 aromatic rings. The zero-order chi connectivity index (χ0) is 19.3. The number of carbonyl (C=O) groups is 1. The van der Waals surface area contributed by atoms with E-state index in [1.54, 1.807) is 29.6 Å². The maximum atomic E-state index is 12.5. The maximum absolute atomic E-state index is 12.5. The Hall–Kier alpha value is -1.94. The van der Waals surface area contributed by atoms with Gasteiger partial charge in [-0.3, -0.25) is 9.69 Å². The van der Waals surface area contributed by atoms with Crippen molar-refractivity contribution in [3.05, 3.63) is 41.8 Å². The summed E-state index contributed by atoms with van der Waals surface area (Å²) in [6, 6.07) is 10.6. The van der Waals surface area contributed by atoms with E-state index in [0.29, 0.717) is 42.7 Å². The van der Waals surface area contributed by atoms with E-state index in [2.05, 4.69) is 5.32 Å². The third-order valence-electron chi connectivity index (χ3n) is 4.24. The second kappa shape index (κ2) is 8.83. The van der Waals surface area contributed by atoms with Gasteiger partial charge in [-0.15, -0.1) is 11.3 Å². The molecule has 9 heteroatoms. The SMILES string of the molecule is CCOc1ccc(NC(=O)CN2CCN(S(=O)(=O)c3cccs3)CC2)cc1. The highest BCUT2D eigenvalue weighted by Gasteiger charge is 2.29. The van der Waals surface area contributed by atoms with Gasteiger partial charge in [0.25, 0.3) is 10.0 Å². The quantitative estimate of drug-likeness (QED) is 0.758. The number of piperazine rings is 1. The normalized spacial score (nSPS) is 16.2. The van der Waals surface area contributed by atoms with Gasteiger partial charge < -0.3 is 10.1 Å². The smallest absolute Gasteiger partial charge is 0.252 e. The zero-order valence-corrected chi connectivity index (χ0v) is 16.8. The molecule has 7 nitrogen and oxygen atoms in total. The molecule has 0 bridgehead atoms. The van der Waals surface area contributed by atoms with Gasteiger partial charge in [0.15, 0.2) is 0 Å². The second-order valence-corrected chi connectivity index (χ2v) is 9.23. The molecule has 27 heavy (non-hydrogen) atoms. The van der Waals surface area contributed by atoms with Gasteiger partial charge >= 0.3 is 0 Å². The Morgan fingerprint density at radius 1 is 1.15 bits per heavy atom. The van der Waals surface area contributed by atoms with Gasteiger partial charge in [-0.1, -0.05) is 6.07 Å². The van der Waals surface area contributed by atoms with E-state index in [-0.39, 0.29) is 12.5 Å². The van der Waals surface area contributed by atoms with Gasteiger partial charge in [-0.25, -0.2) is 8.42 Å². The van der Waals surface area contributed by atoms with Crippen LogP contribution in [0.5, 0.6) is 5.75 Å². The first-order chi connectivity index (χ1) is 13.0. The van der Waals surface area contributed by atoms with Crippen LogP contribution in [0.1, 0.15) is 6.92 Å². The van der Waals surface area contributed by atoms with Crippen LogP contribution in [0, 0.1) is 0 Å². The number of sulfonamides is 1. The third-order valence-corrected chi connectivity index (χ3v) is 7.51. The van der Waals surface area contributed by atoms with E-state index >= 15 is 0 Å². The average Bonchev–Trinajstić information content (AvgIpc) is 3.20. The van der Waals surface area contributed by atoms with Crippen LogP contribution in [0.4, 0.5) is 5.69 Å². The summed E-state index contributed by atoms with van der Waals surface area (Å²) in [7, 11) is -3.42. The first kappa shape index (κ1) is 19.8. The Morgan fingerprint density at radius 2 is 1.85 bits per heavy atom. The summed E-state index contributed by atoms with van der Waals surface area (Å²) in [5, 5.41) is 4.61. The molecule has 1 aliphatic heterocycles. The highest BCUT2D eigenvalue weighted by atomic mass is 32.2. The van der Waals surface area contributed by atoms with Crippen molar-refractivity contribution in [1.82, 2.24) is 9.21 Å². The minimum absolute atomic E-state index is 0.117. The monoisotopic (exact) mass is 409 g/mol. The molecule has 3 rings (SSSR count). The molecule has 0 aliphatic carbocycles. The molecule has 1 aromatic carbocycles. The van der Waals surface area contributed by atoms with E-state index in [4.69, 9.17) is 4.74 Å². The largest absolute Gasteiger partial charge is 0.494 e. The molecule has 1 N–H and O–H groups in total. The molecular weight excluding hydrogens is 386 g/mol. The standard InChI is InChI=1S/C18H23N3O4S2/c1-2-25-16-7-5-15(6-8-16)19-17(22)14-20-9-11-21(12-10-20)27(23,24)18-4-3-13-26-18/h3-8,13H,2,9-12,14H2,1H3,(H,19,22). The van der Waals surface area contributed by atoms with E-state index < -0.39 is 10.0 Å². The second-order valence-electron chi connectivity index (χ2n) is 6.12. The summed E-state index contributed by atoms with van der Waals surface area (Å²) in [6.07, 6.45) is 0. The van der Waals surface area contributed by atoms with Gasteiger partial charge in [-0.2, -0.15) is 4.31 Å². The first-order valence-corrected chi connectivity index (χ1v) is 11.1. The van der Waals surface area contributed by atoms with Crippen LogP contribution < -0.4 is 10.1 Å². The van der Waals surface area contributed by atoms with Gasteiger partial charge in [0.1, 0.15) is 9.96 Å². The zero-order valence-electron chi connectivity index (χ0n) is 15.1. The maximum Gasteiger partial charge on any atom is 0.252 e. The molecule has 0 spiro atoms. The van der Waals surface area contributed by atoms with Gasteiger partial charge in [0, 0.05) is 31.9 Å². The molecule has 1 fully saturated rings. The lowest BCUT2D eigenvalue weighted by molar-refractivity contribution is -0.117. The molecule has 1 saturated heterocycles. The van der Waals surface area contributed by atoms with Crippen LogP contribution in [0.3, 0.4) is 0 Å². The molecule has 1 amide bonds. The minimum atomic E-state index is -3.42. The van der Waals surface area contributed by atoms with E-state index in [1.807, 2.05) is 24.0 Å². The number of thiophene rings is 1. The number of hydrogen-bond acceptors (Lipinski definition) is 6. The minimum Gasteiger partial charge on any atom is -0.494 e. The summed E-state index contributed by atoms with van der Waals surface area (Å²) in [6.45, 7) is 4.58. The summed E-state index contributed by atoms with van der Waals surface area (Å²) in [4.78, 5) is 14.2. The Kier molecular flexibility index (Phi) is 6.48. The van der Waals surface area contributed by atoms with Gasteiger partial charge in [-0.05, 0) is 42.6 Å². The van der Waals surface area contributed by atoms with Crippen molar-refractivity contribution < 1.29 is 17.9 Å². The Morgan fingerprint density at radius 3 is 2.44 bits per heavy atom. The van der Waals surface area contributed by atoms with Crippen LogP contribution in [0.25, 0.3) is 0 Å². The Labute approximate surface area is 163 Å². The number of rotatable bonds is 7. The average molecular weight is 410 g/mol. The van der Waals surface area contributed by atoms with Crippen molar-refractivity contribution in [3.63, 3.8) is 0 Å². The van der Waals surface area contributed by atoms with Crippen molar-refractivity contribution in [2.45, 2.75) is 11.1 Å².